The lowest BCUT2D eigenvalue weighted by atomic mass is 11.4. The second-order valence-electron chi connectivity index (χ2n) is 0. The van der Waals surface area contributed by atoms with Crippen LogP contribution >= 0.6 is 0 Å². The lowest BCUT2D eigenvalue weighted by Gasteiger charge is -0.701. The largest absolute Gasteiger partial charge is 0.124 e. The van der Waals surface area contributed by atoms with Gasteiger partial charge >= 0.3 is 0 Å². The van der Waals surface area contributed by atoms with Gasteiger partial charge in [-0.1, -0.05) is 44.6 Å². The Hall–Kier alpha value is -1.76. The molecule has 0 aromatic rings. The molecular formula is C14H32. The van der Waals surface area contributed by atoms with Gasteiger partial charge in [0.25, 0.3) is 0 Å². The van der Waals surface area contributed by atoms with Crippen LogP contribution in [0.4, 0.5) is 0 Å². The molecule has 0 N–H and O–H groups in total. The molecule has 0 rings (SSSR count). The molecule has 0 amide bonds. The van der Waals surface area contributed by atoms with Gasteiger partial charge in [0, 0.05) is 0 Å². The zero-order valence-electron chi connectivity index (χ0n) is 4.62. The Morgan fingerprint density at radius 2 is 0.214 bits per heavy atom. The van der Waals surface area contributed by atoms with Crippen molar-refractivity contribution in [2.75, 3.05) is 0 Å². The zero-order valence-corrected chi connectivity index (χ0v) is 4.62. The van der Waals surface area contributed by atoms with Gasteiger partial charge in [-0.25, -0.2) is 0 Å². The fraction of sp³-hybridized carbons (Fsp3) is 0.429. The predicted molar refractivity (Wildman–Crippen MR) is 79.9 cm³/mol. The molecule has 0 aliphatic rings. The van der Waals surface area contributed by atoms with Crippen molar-refractivity contribution in [3.05, 3.63) is 0 Å². The second-order valence-corrected chi connectivity index (χ2v) is 0. The van der Waals surface area contributed by atoms with Crippen LogP contribution in [0, 0.1) is 51.4 Å². The number of rotatable bonds is 0. The molecule has 0 aliphatic heterocycles. The van der Waals surface area contributed by atoms with E-state index < -0.39 is 0 Å². The number of hydrogen-bond acceptors (Lipinski definition) is 0. The predicted octanol–water partition coefficient (Wildman–Crippen LogP) is 4.81. The van der Waals surface area contributed by atoms with E-state index in [4.69, 9.17) is 0 Å². The first-order valence-corrected chi connectivity index (χ1v) is 1.33. The van der Waals surface area contributed by atoms with Crippen LogP contribution in [0.15, 0.2) is 0 Å². The fourth-order valence-corrected chi connectivity index (χ4v) is 0. The maximum absolute atomic E-state index is 4.00. The SMILES string of the molecule is C.C.C.C.C.C.C#C.C#C.C#C.C#C. The van der Waals surface area contributed by atoms with Crippen molar-refractivity contribution >= 4 is 0 Å². The minimum atomic E-state index is 0. The van der Waals surface area contributed by atoms with Crippen molar-refractivity contribution in [1.82, 2.24) is 0 Å². The smallest absolute Gasteiger partial charge is 0.0776 e. The Kier molecular flexibility index (Phi) is 8380. The van der Waals surface area contributed by atoms with Crippen molar-refractivity contribution in [2.45, 2.75) is 44.6 Å². The highest BCUT2D eigenvalue weighted by Crippen LogP contribution is 0.585. The summed E-state index contributed by atoms with van der Waals surface area (Å²) in [5.74, 6) is 0. The lowest BCUT2D eigenvalue weighted by molar-refractivity contribution is 2.50. The van der Waals surface area contributed by atoms with Crippen LogP contribution in [0.3, 0.4) is 0 Å². The van der Waals surface area contributed by atoms with E-state index in [0.717, 1.165) is 0 Å². The van der Waals surface area contributed by atoms with E-state index in [1.54, 1.807) is 0 Å². The Labute approximate surface area is 96.5 Å². The van der Waals surface area contributed by atoms with E-state index in [0.29, 0.717) is 0 Å². The summed E-state index contributed by atoms with van der Waals surface area (Å²) in [4.78, 5) is 0. The van der Waals surface area contributed by atoms with Crippen LogP contribution in [0.25, 0.3) is 0 Å². The van der Waals surface area contributed by atoms with Crippen LogP contribution in [-0.2, 0) is 0 Å². The Morgan fingerprint density at radius 1 is 0.214 bits per heavy atom. The van der Waals surface area contributed by atoms with Crippen LogP contribution in [0.1, 0.15) is 44.6 Å². The molecule has 0 heterocycles. The van der Waals surface area contributed by atoms with Crippen LogP contribution in [0.2, 0.25) is 0 Å². The standard InChI is InChI=1S/4C2H2.6CH4/c4*1-2;;;;;;/h4*1-2H;6*1H4. The molecule has 0 atom stereocenters. The lowest BCUT2D eigenvalue weighted by Crippen LogP contribution is -0.576. The van der Waals surface area contributed by atoms with Crippen LogP contribution in [0.5, 0.6) is 0 Å². The fourth-order valence-electron chi connectivity index (χ4n) is 0. The van der Waals surface area contributed by atoms with Gasteiger partial charge < -0.3 is 0 Å². The third kappa shape index (κ3) is 282. The summed E-state index contributed by atoms with van der Waals surface area (Å²) in [5, 5.41) is 0. The van der Waals surface area contributed by atoms with Crippen LogP contribution in [-0.4, -0.2) is 0 Å². The number of hydrogen-bond donors (Lipinski definition) is 0. The first kappa shape index (κ1) is 308. The molecule has 0 unspecified atom stereocenters. The third-order valence-electron chi connectivity index (χ3n) is 0. The van der Waals surface area contributed by atoms with Gasteiger partial charge in [0.15, 0.2) is 0 Å². The van der Waals surface area contributed by atoms with Crippen molar-refractivity contribution in [2.24, 2.45) is 0 Å². The highest BCUT2D eigenvalue weighted by Gasteiger charge is 0.460. The van der Waals surface area contributed by atoms with Gasteiger partial charge in [0.2, 0.25) is 0 Å². The maximum atomic E-state index is 4.00. The van der Waals surface area contributed by atoms with Crippen molar-refractivity contribution in [3.8, 4) is 51.4 Å². The van der Waals surface area contributed by atoms with E-state index >= 15 is 0 Å². The molecule has 14 heavy (non-hydrogen) atoms. The Balaban J connectivity index is -0.00000000167. The summed E-state index contributed by atoms with van der Waals surface area (Å²) in [6.07, 6.45) is 32.0. The van der Waals surface area contributed by atoms with E-state index in [1.165, 1.54) is 0 Å². The van der Waals surface area contributed by atoms with Crippen molar-refractivity contribution in [1.29, 1.82) is 0 Å². The normalized spacial score (nSPS) is 0.571. The molecular weight excluding hydrogens is 168 g/mol. The Morgan fingerprint density at radius 3 is 0.214 bits per heavy atom. The zero-order chi connectivity index (χ0) is 8.00. The first-order chi connectivity index (χ1) is 4.00. The topological polar surface area (TPSA) is 0 Å². The monoisotopic (exact) mass is 200 g/mol. The Bertz CT molecular complexity index is 43.0. The van der Waals surface area contributed by atoms with E-state index in [9.17, 15) is 0 Å². The average molecular weight is 200 g/mol. The molecule has 0 spiro atoms. The highest BCUT2D eigenvalue weighted by atomic mass is 12.6. The molecule has 0 aromatic carbocycles. The molecule has 0 heteroatoms. The number of terminal acetylenes is 4. The summed E-state index contributed by atoms with van der Waals surface area (Å²) < 4.78 is 0. The summed E-state index contributed by atoms with van der Waals surface area (Å²) in [7, 11) is 0. The molecule has 88 valence electrons. The summed E-state index contributed by atoms with van der Waals surface area (Å²) in [6.45, 7) is 0. The van der Waals surface area contributed by atoms with Gasteiger partial charge in [-0.15, -0.1) is 51.4 Å². The molecule has 0 aromatic heterocycles. The maximum Gasteiger partial charge on any atom is -0.0776 e. The van der Waals surface area contributed by atoms with Gasteiger partial charge in [0.05, 0.1) is 0 Å². The minimum absolute atomic E-state index is 0. The summed E-state index contributed by atoms with van der Waals surface area (Å²) in [5.41, 5.74) is 0. The molecule has 0 saturated heterocycles. The van der Waals surface area contributed by atoms with Gasteiger partial charge in [-0.05, 0) is 0 Å². The highest BCUT2D eigenvalue weighted by molar-refractivity contribution is 4.47. The quantitative estimate of drug-likeness (QED) is 0.492. The van der Waals surface area contributed by atoms with Crippen molar-refractivity contribution in [3.63, 3.8) is 0 Å². The first-order valence-electron chi connectivity index (χ1n) is 1.33. The second kappa shape index (κ2) is 380. The minimum Gasteiger partial charge on any atom is -0.124 e. The van der Waals surface area contributed by atoms with E-state index in [2.05, 4.69) is 51.4 Å². The molecule has 0 radical (unpaired) electrons. The van der Waals surface area contributed by atoms with Gasteiger partial charge in [-0.2, -0.15) is 0 Å². The average Bonchev–Trinajstić information content (AvgIpc) is 2.03. The van der Waals surface area contributed by atoms with Gasteiger partial charge in [-0.3, -0.25) is 0 Å². The molecule has 0 nitrogen and oxygen atoms in total. The van der Waals surface area contributed by atoms with Crippen molar-refractivity contribution < 1.29 is 0 Å². The van der Waals surface area contributed by atoms with E-state index in [1.807, 2.05) is 0 Å². The summed E-state index contributed by atoms with van der Waals surface area (Å²) >= 11 is 0. The molecule has 0 aliphatic carbocycles. The molecule has 0 bridgehead atoms. The van der Waals surface area contributed by atoms with E-state index in [-0.39, 0.29) is 44.6 Å². The third-order valence-corrected chi connectivity index (χ3v) is 0. The molecule has 0 saturated carbocycles. The molecule has 0 fully saturated rings. The summed E-state index contributed by atoms with van der Waals surface area (Å²) in [6, 6.07) is 0. The van der Waals surface area contributed by atoms with Gasteiger partial charge in [0.1, 0.15) is 0 Å². The van der Waals surface area contributed by atoms with Crippen LogP contribution < -0.4 is 0 Å².